The Morgan fingerprint density at radius 3 is 2.64 bits per heavy atom. The minimum atomic E-state index is -0.645. The summed E-state index contributed by atoms with van der Waals surface area (Å²) in [5, 5.41) is 9.87. The van der Waals surface area contributed by atoms with Crippen LogP contribution in [0.4, 0.5) is 0 Å². The van der Waals surface area contributed by atoms with Gasteiger partial charge in [0.05, 0.1) is 12.5 Å². The summed E-state index contributed by atoms with van der Waals surface area (Å²) in [4.78, 5) is 23.5. The molecule has 142 valence electrons. The molecule has 2 saturated carbocycles. The van der Waals surface area contributed by atoms with Crippen LogP contribution in [0, 0.1) is 28.6 Å². The van der Waals surface area contributed by atoms with E-state index >= 15 is 0 Å². The Morgan fingerprint density at radius 2 is 2.04 bits per heavy atom. The molecule has 5 atom stereocenters. The van der Waals surface area contributed by atoms with Crippen LogP contribution >= 0.6 is 0 Å². The van der Waals surface area contributed by atoms with E-state index in [0.717, 1.165) is 44.9 Å². The molecule has 4 heteroatoms. The van der Waals surface area contributed by atoms with Gasteiger partial charge in [-0.25, -0.2) is 0 Å². The highest BCUT2D eigenvalue weighted by Gasteiger charge is 2.57. The van der Waals surface area contributed by atoms with Crippen molar-refractivity contribution in [1.82, 2.24) is 0 Å². The Balaban J connectivity index is 2.15. The molecule has 1 N–H and O–H groups in total. The number of rotatable bonds is 6. The molecule has 0 aromatic heterocycles. The van der Waals surface area contributed by atoms with Gasteiger partial charge in [0.1, 0.15) is 0 Å². The lowest BCUT2D eigenvalue weighted by molar-refractivity contribution is -0.164. The van der Waals surface area contributed by atoms with Crippen LogP contribution in [0.2, 0.25) is 0 Å². The fourth-order valence-corrected chi connectivity index (χ4v) is 5.66. The lowest BCUT2D eigenvalue weighted by atomic mass is 9.46. The number of carboxylic acid groups (broad SMARTS) is 1. The number of carbonyl (C=O) groups excluding carboxylic acids is 1. The number of carboxylic acids is 1. The molecule has 2 fully saturated rings. The van der Waals surface area contributed by atoms with Gasteiger partial charge < -0.3 is 9.84 Å². The van der Waals surface area contributed by atoms with Gasteiger partial charge in [0.25, 0.3) is 0 Å². The Bertz CT molecular complexity index is 540. The SMILES string of the molecule is C=C1CCC2[C@](C)(C(=O)O)CCC[C@]2(C)[C@H]1CCC(C)CC(=O)OC. The Hall–Kier alpha value is -1.32. The van der Waals surface area contributed by atoms with Gasteiger partial charge in [0.15, 0.2) is 0 Å². The molecule has 0 aliphatic heterocycles. The molecule has 0 aromatic rings. The maximum atomic E-state index is 12.0. The van der Waals surface area contributed by atoms with Crippen LogP contribution in [-0.2, 0) is 14.3 Å². The molecule has 2 rings (SSSR count). The van der Waals surface area contributed by atoms with Crippen LogP contribution < -0.4 is 0 Å². The zero-order valence-electron chi connectivity index (χ0n) is 16.3. The first-order valence-electron chi connectivity index (χ1n) is 9.63. The maximum Gasteiger partial charge on any atom is 0.309 e. The number of aliphatic carboxylic acids is 1. The van der Waals surface area contributed by atoms with Crippen molar-refractivity contribution in [3.05, 3.63) is 12.2 Å². The van der Waals surface area contributed by atoms with E-state index < -0.39 is 11.4 Å². The molecule has 0 radical (unpaired) electrons. The van der Waals surface area contributed by atoms with Crippen LogP contribution in [-0.4, -0.2) is 24.2 Å². The zero-order valence-corrected chi connectivity index (χ0v) is 16.3. The minimum absolute atomic E-state index is 0.00566. The van der Waals surface area contributed by atoms with Gasteiger partial charge in [-0.2, -0.15) is 0 Å². The summed E-state index contributed by atoms with van der Waals surface area (Å²) in [6.45, 7) is 10.7. The van der Waals surface area contributed by atoms with Gasteiger partial charge in [0.2, 0.25) is 0 Å². The fourth-order valence-electron chi connectivity index (χ4n) is 5.66. The second-order valence-corrected chi connectivity index (χ2v) is 8.85. The van der Waals surface area contributed by atoms with Crippen molar-refractivity contribution in [2.45, 2.75) is 72.1 Å². The number of hydrogen-bond donors (Lipinski definition) is 1. The van der Waals surface area contributed by atoms with Gasteiger partial charge >= 0.3 is 11.9 Å². The molecule has 2 unspecified atom stereocenters. The van der Waals surface area contributed by atoms with Crippen molar-refractivity contribution in [3.8, 4) is 0 Å². The minimum Gasteiger partial charge on any atom is -0.481 e. The molecule has 2 aliphatic rings. The highest BCUT2D eigenvalue weighted by molar-refractivity contribution is 5.75. The average Bonchev–Trinajstić information content (AvgIpc) is 2.53. The third-order valence-electron chi connectivity index (χ3n) is 7.20. The molecule has 0 amide bonds. The number of allylic oxidation sites excluding steroid dienone is 1. The number of ether oxygens (including phenoxy) is 1. The van der Waals surface area contributed by atoms with Crippen molar-refractivity contribution in [2.24, 2.45) is 28.6 Å². The van der Waals surface area contributed by atoms with E-state index in [1.54, 1.807) is 0 Å². The number of methoxy groups -OCH3 is 1. The smallest absolute Gasteiger partial charge is 0.309 e. The van der Waals surface area contributed by atoms with E-state index in [9.17, 15) is 14.7 Å². The van der Waals surface area contributed by atoms with Crippen LogP contribution in [0.3, 0.4) is 0 Å². The lowest BCUT2D eigenvalue weighted by Gasteiger charge is -2.57. The zero-order chi connectivity index (χ0) is 18.8. The molecular formula is C21H34O4. The lowest BCUT2D eigenvalue weighted by Crippen LogP contribution is -2.53. The van der Waals surface area contributed by atoms with E-state index in [2.05, 4.69) is 20.4 Å². The standard InChI is InChI=1S/C21H34O4/c1-14(13-18(22)25-5)7-9-16-15(2)8-10-17-20(16,3)11-6-12-21(17,4)19(23)24/h14,16-17H,2,6-13H2,1,3-5H3,(H,23,24)/t14?,16-,17?,20+,21+/m0/s1. The second kappa shape index (κ2) is 7.51. The average molecular weight is 350 g/mol. The Morgan fingerprint density at radius 1 is 1.36 bits per heavy atom. The second-order valence-electron chi connectivity index (χ2n) is 8.85. The van der Waals surface area contributed by atoms with E-state index in [0.29, 0.717) is 12.3 Å². The largest absolute Gasteiger partial charge is 0.481 e. The first kappa shape index (κ1) is 20.0. The summed E-state index contributed by atoms with van der Waals surface area (Å²) in [5.74, 6) is 0.0329. The van der Waals surface area contributed by atoms with Gasteiger partial charge in [-0.15, -0.1) is 0 Å². The molecule has 0 aromatic carbocycles. The molecule has 4 nitrogen and oxygen atoms in total. The summed E-state index contributed by atoms with van der Waals surface area (Å²) < 4.78 is 4.77. The van der Waals surface area contributed by atoms with Gasteiger partial charge in [-0.05, 0) is 68.6 Å². The number of esters is 1. The summed E-state index contributed by atoms with van der Waals surface area (Å²) in [5.41, 5.74) is 0.661. The van der Waals surface area contributed by atoms with Crippen LogP contribution in [0.1, 0.15) is 72.1 Å². The summed E-state index contributed by atoms with van der Waals surface area (Å²) in [6, 6.07) is 0. The summed E-state index contributed by atoms with van der Waals surface area (Å²) >= 11 is 0. The van der Waals surface area contributed by atoms with Crippen molar-refractivity contribution >= 4 is 11.9 Å². The molecule has 0 saturated heterocycles. The first-order chi connectivity index (χ1) is 11.6. The molecule has 0 bridgehead atoms. The maximum absolute atomic E-state index is 12.0. The highest BCUT2D eigenvalue weighted by Crippen LogP contribution is 2.62. The van der Waals surface area contributed by atoms with Crippen molar-refractivity contribution in [3.63, 3.8) is 0 Å². The Labute approximate surface area is 152 Å². The Kier molecular flexibility index (Phi) is 6.01. The van der Waals surface area contributed by atoms with Gasteiger partial charge in [0, 0.05) is 6.42 Å². The van der Waals surface area contributed by atoms with Crippen molar-refractivity contribution in [1.29, 1.82) is 0 Å². The fraction of sp³-hybridized carbons (Fsp3) is 0.810. The predicted molar refractivity (Wildman–Crippen MR) is 98.1 cm³/mol. The summed E-state index contributed by atoms with van der Waals surface area (Å²) in [7, 11) is 1.43. The number of hydrogen-bond acceptors (Lipinski definition) is 3. The predicted octanol–water partition coefficient (Wildman–Crippen LogP) is 4.83. The van der Waals surface area contributed by atoms with Crippen LogP contribution in [0.15, 0.2) is 12.2 Å². The molecule has 0 spiro atoms. The van der Waals surface area contributed by atoms with Gasteiger partial charge in [-0.1, -0.05) is 32.4 Å². The summed E-state index contributed by atoms with van der Waals surface area (Å²) in [6.07, 6.45) is 7.08. The third kappa shape index (κ3) is 3.78. The van der Waals surface area contributed by atoms with Gasteiger partial charge in [-0.3, -0.25) is 9.59 Å². The normalized spacial score (nSPS) is 36.4. The third-order valence-corrected chi connectivity index (χ3v) is 7.20. The monoisotopic (exact) mass is 350 g/mol. The van der Waals surface area contributed by atoms with Crippen molar-refractivity contribution < 1.29 is 19.4 Å². The van der Waals surface area contributed by atoms with Crippen LogP contribution in [0.25, 0.3) is 0 Å². The van der Waals surface area contributed by atoms with E-state index in [4.69, 9.17) is 4.74 Å². The van der Waals surface area contributed by atoms with Crippen LogP contribution in [0.5, 0.6) is 0 Å². The van der Waals surface area contributed by atoms with E-state index in [1.807, 2.05) is 6.92 Å². The van der Waals surface area contributed by atoms with Crippen molar-refractivity contribution in [2.75, 3.05) is 7.11 Å². The molecular weight excluding hydrogens is 316 g/mol. The topological polar surface area (TPSA) is 63.6 Å². The number of carbonyl (C=O) groups is 2. The van der Waals surface area contributed by atoms with E-state index in [1.165, 1.54) is 12.7 Å². The molecule has 25 heavy (non-hydrogen) atoms. The molecule has 0 heterocycles. The first-order valence-corrected chi connectivity index (χ1v) is 9.63. The molecule has 2 aliphatic carbocycles. The number of fused-ring (bicyclic) bond motifs is 1. The quantitative estimate of drug-likeness (QED) is 0.550. The van der Waals surface area contributed by atoms with E-state index in [-0.39, 0.29) is 23.2 Å². The highest BCUT2D eigenvalue weighted by atomic mass is 16.5.